The van der Waals surface area contributed by atoms with E-state index in [9.17, 15) is 14.7 Å². The van der Waals surface area contributed by atoms with Gasteiger partial charge in [-0.15, -0.1) is 0 Å². The maximum atomic E-state index is 13.1. The van der Waals surface area contributed by atoms with Crippen LogP contribution in [0.25, 0.3) is 0 Å². The van der Waals surface area contributed by atoms with E-state index in [-0.39, 0.29) is 12.2 Å². The van der Waals surface area contributed by atoms with Crippen LogP contribution in [-0.2, 0) is 17.8 Å². The molecule has 0 bridgehead atoms. The van der Waals surface area contributed by atoms with Gasteiger partial charge >= 0.3 is 5.97 Å². The fraction of sp³-hybridized carbons (Fsp3) is 0.189. The quantitative estimate of drug-likeness (QED) is 0.0972. The van der Waals surface area contributed by atoms with Gasteiger partial charge in [0.2, 0.25) is 0 Å². The van der Waals surface area contributed by atoms with Crippen molar-refractivity contribution in [3.05, 3.63) is 150 Å². The molecule has 1 aromatic heterocycles. The summed E-state index contributed by atoms with van der Waals surface area (Å²) in [6.45, 7) is 4.09. The zero-order valence-corrected chi connectivity index (χ0v) is 24.7. The molecule has 0 aliphatic carbocycles. The number of ether oxygens (including phenoxy) is 1. The van der Waals surface area contributed by atoms with Crippen LogP contribution in [0, 0.1) is 6.92 Å². The molecule has 0 amide bonds. The smallest absolute Gasteiger partial charge is 0.326 e. The number of para-hydroxylation sites is 1. The first-order valence-corrected chi connectivity index (χ1v) is 14.7. The number of carbonyl (C=O) groups is 2. The number of carboxylic acids is 1. The molecule has 0 radical (unpaired) electrons. The highest BCUT2D eigenvalue weighted by atomic mass is 16.5. The number of nitrogens with one attached hydrogen (secondary N) is 1. The fourth-order valence-electron chi connectivity index (χ4n) is 5.06. The number of carboxylic acid groups (broad SMARTS) is 1. The van der Waals surface area contributed by atoms with Crippen LogP contribution in [0.2, 0.25) is 0 Å². The Balaban J connectivity index is 1.16. The SMILES string of the molecule is Cc1cccc(N(CCCOc2ccc(CC(Nc3ccccc3C(=O)c3ccccc3)C(=O)O)cc2)Cc2ccco2)c1. The van der Waals surface area contributed by atoms with Crippen molar-refractivity contribution in [3.63, 3.8) is 0 Å². The first-order chi connectivity index (χ1) is 21.5. The predicted octanol–water partition coefficient (Wildman–Crippen LogP) is 7.40. The molecule has 0 fully saturated rings. The maximum absolute atomic E-state index is 13.1. The molecule has 1 atom stereocenters. The molecule has 5 rings (SSSR count). The van der Waals surface area contributed by atoms with Crippen molar-refractivity contribution in [1.29, 1.82) is 0 Å². The number of ketones is 1. The minimum atomic E-state index is -1.000. The van der Waals surface area contributed by atoms with Crippen LogP contribution in [0.5, 0.6) is 5.75 Å². The van der Waals surface area contributed by atoms with Crippen LogP contribution in [0.4, 0.5) is 11.4 Å². The number of carbonyl (C=O) groups excluding carboxylic acids is 1. The third-order valence-corrected chi connectivity index (χ3v) is 7.33. The standard InChI is InChI=1S/C37H36N2O5/c1-27-10-7-13-30(24-27)39(26-32-14-8-22-44-32)21-9-23-43-31-19-17-28(18-20-31)25-35(37(41)42)38-34-16-6-5-15-33(34)36(40)29-11-3-2-4-12-29/h2-8,10-20,22,24,35,38H,9,21,23,25-26H2,1H3,(H,41,42). The molecule has 1 heterocycles. The van der Waals surface area contributed by atoms with E-state index < -0.39 is 12.0 Å². The van der Waals surface area contributed by atoms with Gasteiger partial charge in [0.15, 0.2) is 5.78 Å². The average molecular weight is 589 g/mol. The number of benzene rings is 4. The van der Waals surface area contributed by atoms with Crippen LogP contribution in [0.15, 0.2) is 126 Å². The Kier molecular flexibility index (Phi) is 10.1. The second-order valence-electron chi connectivity index (χ2n) is 10.7. The van der Waals surface area contributed by atoms with E-state index in [2.05, 4.69) is 41.4 Å². The summed E-state index contributed by atoms with van der Waals surface area (Å²) >= 11 is 0. The molecule has 0 saturated heterocycles. The minimum Gasteiger partial charge on any atom is -0.494 e. The van der Waals surface area contributed by atoms with Gasteiger partial charge in [-0.25, -0.2) is 4.79 Å². The lowest BCUT2D eigenvalue weighted by atomic mass is 10.00. The van der Waals surface area contributed by atoms with E-state index in [1.165, 1.54) is 5.56 Å². The number of anilines is 2. The molecule has 0 aliphatic rings. The van der Waals surface area contributed by atoms with Gasteiger partial charge in [0.1, 0.15) is 17.6 Å². The molecule has 2 N–H and O–H groups in total. The topological polar surface area (TPSA) is 92.0 Å². The zero-order valence-electron chi connectivity index (χ0n) is 24.7. The number of hydrogen-bond acceptors (Lipinski definition) is 6. The molecule has 5 aromatic rings. The summed E-state index contributed by atoms with van der Waals surface area (Å²) in [5.74, 6) is 0.464. The first-order valence-electron chi connectivity index (χ1n) is 14.7. The molecule has 0 spiro atoms. The lowest BCUT2D eigenvalue weighted by Gasteiger charge is -2.24. The van der Waals surface area contributed by atoms with Crippen molar-refractivity contribution in [2.24, 2.45) is 0 Å². The largest absolute Gasteiger partial charge is 0.494 e. The monoisotopic (exact) mass is 588 g/mol. The molecular formula is C37H36N2O5. The van der Waals surface area contributed by atoms with E-state index in [4.69, 9.17) is 9.15 Å². The lowest BCUT2D eigenvalue weighted by Crippen LogP contribution is -2.32. The van der Waals surface area contributed by atoms with Crippen molar-refractivity contribution in [2.45, 2.75) is 32.4 Å². The van der Waals surface area contributed by atoms with E-state index in [1.54, 1.807) is 54.8 Å². The number of rotatable bonds is 15. The summed E-state index contributed by atoms with van der Waals surface area (Å²) in [6.07, 6.45) is 2.74. The number of furan rings is 1. The van der Waals surface area contributed by atoms with Crippen LogP contribution in [0.3, 0.4) is 0 Å². The number of hydrogen-bond donors (Lipinski definition) is 2. The fourth-order valence-corrected chi connectivity index (χ4v) is 5.06. The van der Waals surface area contributed by atoms with E-state index in [1.807, 2.05) is 42.5 Å². The van der Waals surface area contributed by atoms with E-state index >= 15 is 0 Å². The average Bonchev–Trinajstić information content (AvgIpc) is 3.56. The molecule has 224 valence electrons. The molecule has 44 heavy (non-hydrogen) atoms. The highest BCUT2D eigenvalue weighted by Crippen LogP contribution is 2.23. The first kappa shape index (κ1) is 30.2. The van der Waals surface area contributed by atoms with Crippen LogP contribution >= 0.6 is 0 Å². The number of aryl methyl sites for hydroxylation is 1. The Morgan fingerprint density at radius 1 is 0.886 bits per heavy atom. The highest BCUT2D eigenvalue weighted by Gasteiger charge is 2.21. The van der Waals surface area contributed by atoms with Crippen molar-refractivity contribution in [2.75, 3.05) is 23.4 Å². The van der Waals surface area contributed by atoms with E-state index in [0.717, 1.165) is 35.7 Å². The van der Waals surface area contributed by atoms with Gasteiger partial charge in [-0.05, 0) is 73.0 Å². The summed E-state index contributed by atoms with van der Waals surface area (Å²) < 4.78 is 11.6. The van der Waals surface area contributed by atoms with Crippen molar-refractivity contribution in [3.8, 4) is 5.75 Å². The normalized spacial score (nSPS) is 11.5. The maximum Gasteiger partial charge on any atom is 0.326 e. The third kappa shape index (κ3) is 8.16. The lowest BCUT2D eigenvalue weighted by molar-refractivity contribution is -0.137. The van der Waals surface area contributed by atoms with Gasteiger partial charge in [0.05, 0.1) is 19.4 Å². The van der Waals surface area contributed by atoms with Crippen molar-refractivity contribution < 1.29 is 23.8 Å². The molecule has 0 aliphatic heterocycles. The van der Waals surface area contributed by atoms with Gasteiger partial charge in [0, 0.05) is 35.5 Å². The Morgan fingerprint density at radius 3 is 2.39 bits per heavy atom. The molecule has 1 unspecified atom stereocenters. The molecule has 0 saturated carbocycles. The second kappa shape index (κ2) is 14.7. The Hall–Kier alpha value is -5.30. The van der Waals surface area contributed by atoms with Crippen LogP contribution in [-0.4, -0.2) is 36.1 Å². The van der Waals surface area contributed by atoms with Gasteiger partial charge in [-0.1, -0.05) is 66.7 Å². The van der Waals surface area contributed by atoms with Crippen molar-refractivity contribution in [1.82, 2.24) is 0 Å². The van der Waals surface area contributed by atoms with Gasteiger partial charge < -0.3 is 24.5 Å². The van der Waals surface area contributed by atoms with Gasteiger partial charge in [0.25, 0.3) is 0 Å². The van der Waals surface area contributed by atoms with Crippen LogP contribution < -0.4 is 15.0 Å². The van der Waals surface area contributed by atoms with E-state index in [0.29, 0.717) is 30.0 Å². The van der Waals surface area contributed by atoms with Gasteiger partial charge in [-0.2, -0.15) is 0 Å². The number of aliphatic carboxylic acids is 1. The summed E-state index contributed by atoms with van der Waals surface area (Å²) in [4.78, 5) is 27.6. The van der Waals surface area contributed by atoms with Crippen molar-refractivity contribution >= 4 is 23.1 Å². The Labute approximate surface area is 257 Å². The molecule has 7 nitrogen and oxygen atoms in total. The Bertz CT molecular complexity index is 1650. The summed E-state index contributed by atoms with van der Waals surface area (Å²) in [5.41, 5.74) is 4.64. The summed E-state index contributed by atoms with van der Waals surface area (Å²) in [7, 11) is 0. The highest BCUT2D eigenvalue weighted by molar-refractivity contribution is 6.12. The molecule has 4 aromatic carbocycles. The summed E-state index contributed by atoms with van der Waals surface area (Å²) in [6, 6.07) is 34.8. The summed E-state index contributed by atoms with van der Waals surface area (Å²) in [5, 5.41) is 13.1. The molecule has 7 heteroatoms. The van der Waals surface area contributed by atoms with Gasteiger partial charge in [-0.3, -0.25) is 4.79 Å². The predicted molar refractivity (Wildman–Crippen MR) is 173 cm³/mol. The Morgan fingerprint density at radius 2 is 1.66 bits per heavy atom. The number of nitrogens with zero attached hydrogens (tertiary/aromatic N) is 1. The molecular weight excluding hydrogens is 552 g/mol. The van der Waals surface area contributed by atoms with Crippen LogP contribution in [0.1, 0.15) is 39.2 Å². The second-order valence-corrected chi connectivity index (χ2v) is 10.7. The minimum absolute atomic E-state index is 0.165. The third-order valence-electron chi connectivity index (χ3n) is 7.33. The zero-order chi connectivity index (χ0) is 30.7.